The number of nitrogens with zero attached hydrogens (tertiary/aromatic N) is 1. The lowest BCUT2D eigenvalue weighted by Gasteiger charge is -2.64. The number of carbonyl (C=O) groups excluding carboxylic acids is 1. The van der Waals surface area contributed by atoms with Crippen molar-refractivity contribution in [3.63, 3.8) is 0 Å². The first kappa shape index (κ1) is 23.4. The summed E-state index contributed by atoms with van der Waals surface area (Å²) < 4.78 is 6.56. The molecule has 37 heavy (non-hydrogen) atoms. The number of hydrogen-bond acceptors (Lipinski definition) is 5. The Morgan fingerprint density at radius 3 is 2.81 bits per heavy atom. The standard InChI is InChI=1S/C29H31N3O4.ClH/c33-22-8-7-18-14-23-29(35)10-9-20(31-27(34)21-13-17-3-1-2-4-19(17)30-21)26-28(29,24(18)25(22)36-26)11-12-32(23)15-16-5-6-16;/h1-4,7-8,13,16,20,23,26,30,33,35H,5-6,9-12,14-15H2,(H,31,34);1H/t20-,23-,26+,28+,29-;/m1./s1. The number of para-hydroxylation sites is 1. The number of aromatic nitrogens is 1. The molecule has 1 amide bonds. The zero-order chi connectivity index (χ0) is 24.2. The molecule has 3 fully saturated rings. The van der Waals surface area contributed by atoms with Gasteiger partial charge in [-0.3, -0.25) is 9.69 Å². The second kappa shape index (κ2) is 7.88. The number of hydrogen-bond donors (Lipinski definition) is 4. The number of fused-ring (bicyclic) bond motifs is 1. The summed E-state index contributed by atoms with van der Waals surface area (Å²) in [6.45, 7) is 1.95. The molecule has 1 aromatic heterocycles. The van der Waals surface area contributed by atoms with E-state index in [9.17, 15) is 15.0 Å². The number of likely N-dealkylation sites (tertiary alicyclic amines) is 1. The number of phenols is 1. The zero-order valence-corrected chi connectivity index (χ0v) is 21.4. The highest BCUT2D eigenvalue weighted by molar-refractivity contribution is 5.98. The van der Waals surface area contributed by atoms with Crippen molar-refractivity contribution in [3.05, 3.63) is 59.3 Å². The predicted octanol–water partition coefficient (Wildman–Crippen LogP) is 3.66. The van der Waals surface area contributed by atoms with Crippen molar-refractivity contribution in [1.82, 2.24) is 15.2 Å². The summed E-state index contributed by atoms with van der Waals surface area (Å²) in [5, 5.41) is 27.6. The summed E-state index contributed by atoms with van der Waals surface area (Å²) in [7, 11) is 0. The number of H-pyrrole nitrogens is 1. The molecule has 0 radical (unpaired) electrons. The Labute approximate surface area is 221 Å². The van der Waals surface area contributed by atoms with Gasteiger partial charge in [0, 0.05) is 29.1 Å². The van der Waals surface area contributed by atoms with Crippen LogP contribution in [0.5, 0.6) is 11.5 Å². The van der Waals surface area contributed by atoms with Crippen LogP contribution in [0.4, 0.5) is 0 Å². The van der Waals surface area contributed by atoms with Gasteiger partial charge >= 0.3 is 0 Å². The topological polar surface area (TPSA) is 97.8 Å². The van der Waals surface area contributed by atoms with Gasteiger partial charge in [0.2, 0.25) is 0 Å². The summed E-state index contributed by atoms with van der Waals surface area (Å²) in [5.74, 6) is 1.22. The summed E-state index contributed by atoms with van der Waals surface area (Å²) >= 11 is 0. The fourth-order valence-electron chi connectivity index (χ4n) is 8.07. The van der Waals surface area contributed by atoms with Crippen molar-refractivity contribution in [1.29, 1.82) is 0 Å². The average molecular weight is 522 g/mol. The van der Waals surface area contributed by atoms with Gasteiger partial charge in [0.05, 0.1) is 17.1 Å². The highest BCUT2D eigenvalue weighted by atomic mass is 35.5. The molecule has 2 bridgehead atoms. The van der Waals surface area contributed by atoms with Crippen LogP contribution in [0, 0.1) is 5.92 Å². The number of carbonyl (C=O) groups is 1. The van der Waals surface area contributed by atoms with Gasteiger partial charge in [-0.05, 0) is 74.8 Å². The van der Waals surface area contributed by atoms with Crippen LogP contribution in [-0.2, 0) is 11.8 Å². The Hall–Kier alpha value is -2.74. The maximum atomic E-state index is 13.4. The smallest absolute Gasteiger partial charge is 0.268 e. The summed E-state index contributed by atoms with van der Waals surface area (Å²) in [4.78, 5) is 19.1. The molecule has 194 valence electrons. The first-order chi connectivity index (χ1) is 17.5. The van der Waals surface area contributed by atoms with Gasteiger partial charge in [-0.25, -0.2) is 0 Å². The van der Waals surface area contributed by atoms with Crippen molar-refractivity contribution in [2.24, 2.45) is 5.92 Å². The van der Waals surface area contributed by atoms with E-state index in [0.29, 0.717) is 24.3 Å². The van der Waals surface area contributed by atoms with Crippen LogP contribution in [0.2, 0.25) is 0 Å². The lowest BCUT2D eigenvalue weighted by molar-refractivity contribution is -0.191. The second-order valence-electron chi connectivity index (χ2n) is 11.7. The second-order valence-corrected chi connectivity index (χ2v) is 11.7. The molecule has 8 rings (SSSR count). The molecular formula is C29H32ClN3O4. The van der Waals surface area contributed by atoms with E-state index in [0.717, 1.165) is 48.3 Å². The maximum absolute atomic E-state index is 13.4. The van der Waals surface area contributed by atoms with Gasteiger partial charge in [0.1, 0.15) is 11.8 Å². The quantitative estimate of drug-likeness (QED) is 0.420. The number of aromatic amines is 1. The average Bonchev–Trinajstić information content (AvgIpc) is 3.45. The SMILES string of the molecule is Cl.O=C(N[C@@H]1CC[C@@]2(O)[C@H]3Cc4ccc(O)c5c4[C@@]2(CCN3CC2CC2)[C@H]1O5)c1cc2ccccc2[nH]1. The Balaban J connectivity index is 0.00000231. The van der Waals surface area contributed by atoms with Gasteiger partial charge < -0.3 is 25.3 Å². The number of rotatable bonds is 4. The fourth-order valence-corrected chi connectivity index (χ4v) is 8.07. The minimum atomic E-state index is -0.945. The van der Waals surface area contributed by atoms with Gasteiger partial charge in [0.25, 0.3) is 5.91 Å². The first-order valence-electron chi connectivity index (χ1n) is 13.3. The zero-order valence-electron chi connectivity index (χ0n) is 20.6. The number of ether oxygens (including phenoxy) is 1. The van der Waals surface area contributed by atoms with Gasteiger partial charge in [-0.1, -0.05) is 24.3 Å². The third-order valence-electron chi connectivity index (χ3n) is 9.85. The molecule has 1 saturated heterocycles. The molecule has 5 atom stereocenters. The molecule has 8 heteroatoms. The summed E-state index contributed by atoms with van der Waals surface area (Å²) in [6.07, 6.45) is 4.93. The predicted molar refractivity (Wildman–Crippen MR) is 142 cm³/mol. The van der Waals surface area contributed by atoms with Crippen LogP contribution >= 0.6 is 12.4 Å². The third kappa shape index (κ3) is 3.05. The number of phenolic OH excluding ortho intramolecular Hbond substituents is 1. The van der Waals surface area contributed by atoms with Gasteiger partial charge in [-0.2, -0.15) is 0 Å². The van der Waals surface area contributed by atoms with E-state index in [1.54, 1.807) is 6.07 Å². The van der Waals surface area contributed by atoms with Crippen molar-refractivity contribution in [2.75, 3.05) is 13.1 Å². The van der Waals surface area contributed by atoms with Crippen molar-refractivity contribution >= 4 is 29.2 Å². The molecule has 2 aliphatic heterocycles. The Bertz CT molecular complexity index is 1390. The van der Waals surface area contributed by atoms with Crippen molar-refractivity contribution in [2.45, 2.75) is 67.7 Å². The number of benzene rings is 2. The van der Waals surface area contributed by atoms with Gasteiger partial charge in [-0.15, -0.1) is 12.4 Å². The monoisotopic (exact) mass is 521 g/mol. The number of nitrogens with one attached hydrogen (secondary N) is 2. The Morgan fingerprint density at radius 2 is 2.00 bits per heavy atom. The van der Waals surface area contributed by atoms with Crippen LogP contribution in [0.15, 0.2) is 42.5 Å². The van der Waals surface area contributed by atoms with Crippen LogP contribution in [0.3, 0.4) is 0 Å². The highest BCUT2D eigenvalue weighted by Gasteiger charge is 2.73. The molecule has 3 heterocycles. The first-order valence-corrected chi connectivity index (χ1v) is 13.3. The number of piperidine rings is 1. The fraction of sp³-hybridized carbons (Fsp3) is 0.483. The largest absolute Gasteiger partial charge is 0.504 e. The van der Waals surface area contributed by atoms with Crippen molar-refractivity contribution in [3.8, 4) is 11.5 Å². The minimum absolute atomic E-state index is 0. The molecular weight excluding hydrogens is 490 g/mol. The van der Waals surface area contributed by atoms with Crippen LogP contribution < -0.4 is 10.1 Å². The molecule has 5 aliphatic rings. The van der Waals surface area contributed by atoms with E-state index in [-0.39, 0.29) is 36.1 Å². The normalized spacial score (nSPS) is 33.4. The number of aromatic hydroxyl groups is 1. The Morgan fingerprint density at radius 1 is 1.16 bits per heavy atom. The van der Waals surface area contributed by atoms with Gasteiger partial charge in [0.15, 0.2) is 11.5 Å². The lowest BCUT2D eigenvalue weighted by atomic mass is 9.48. The minimum Gasteiger partial charge on any atom is -0.504 e. The molecule has 2 saturated carbocycles. The number of halogens is 1. The van der Waals surface area contributed by atoms with E-state index in [1.807, 2.05) is 36.4 Å². The van der Waals surface area contributed by atoms with Crippen LogP contribution in [0.25, 0.3) is 10.9 Å². The molecule has 4 N–H and O–H groups in total. The third-order valence-corrected chi connectivity index (χ3v) is 9.85. The Kier molecular flexibility index (Phi) is 4.98. The van der Waals surface area contributed by atoms with Crippen LogP contribution in [-0.4, -0.2) is 62.9 Å². The molecule has 7 nitrogen and oxygen atoms in total. The van der Waals surface area contributed by atoms with E-state index in [1.165, 1.54) is 18.4 Å². The highest BCUT2D eigenvalue weighted by Crippen LogP contribution is 2.65. The summed E-state index contributed by atoms with van der Waals surface area (Å²) in [5.41, 5.74) is 2.03. The molecule has 3 aliphatic carbocycles. The molecule has 1 spiro atoms. The maximum Gasteiger partial charge on any atom is 0.268 e. The molecule has 3 aromatic rings. The number of amides is 1. The summed E-state index contributed by atoms with van der Waals surface area (Å²) in [6, 6.07) is 13.2. The van der Waals surface area contributed by atoms with Crippen molar-refractivity contribution < 1.29 is 19.7 Å². The lowest BCUT2D eigenvalue weighted by Crippen LogP contribution is -2.78. The van der Waals surface area contributed by atoms with E-state index in [4.69, 9.17) is 4.74 Å². The van der Waals surface area contributed by atoms with Crippen LogP contribution in [0.1, 0.15) is 53.7 Å². The molecule has 0 unspecified atom stereocenters. The van der Waals surface area contributed by atoms with E-state index in [2.05, 4.69) is 15.2 Å². The van der Waals surface area contributed by atoms with E-state index >= 15 is 0 Å². The van der Waals surface area contributed by atoms with E-state index < -0.39 is 17.1 Å². The molecule has 2 aromatic carbocycles. The number of aliphatic hydroxyl groups is 1.